The summed E-state index contributed by atoms with van der Waals surface area (Å²) < 4.78 is 0. The number of ketones is 1. The summed E-state index contributed by atoms with van der Waals surface area (Å²) in [5, 5.41) is 2.11. The van der Waals surface area contributed by atoms with Crippen LogP contribution in [0.3, 0.4) is 0 Å². The second-order valence-electron chi connectivity index (χ2n) is 8.52. The second kappa shape index (κ2) is 7.71. The van der Waals surface area contributed by atoms with Crippen molar-refractivity contribution in [3.63, 3.8) is 0 Å². The molecule has 1 saturated heterocycles. The van der Waals surface area contributed by atoms with E-state index in [1.807, 2.05) is 12.2 Å². The van der Waals surface area contributed by atoms with Gasteiger partial charge in [0.05, 0.1) is 22.4 Å². The number of allylic oxidation sites excluding steroid dienone is 2. The van der Waals surface area contributed by atoms with Gasteiger partial charge in [-0.3, -0.25) is 19.2 Å². The molecule has 32 heavy (non-hydrogen) atoms. The Labute approximate surface area is 190 Å². The smallest absolute Gasteiger partial charge is 0.275 e. The molecule has 5 atom stereocenters. The Morgan fingerprint density at radius 3 is 2.09 bits per heavy atom. The molecule has 1 aliphatic heterocycles. The van der Waals surface area contributed by atoms with Gasteiger partial charge in [-0.25, -0.2) is 5.01 Å². The molecule has 5 rings (SSSR count). The standard InChI is InChI=1S/C25H21ClN2O4/c1-14(22(29)15-7-3-2-4-8-15)27(23(30)18-9-5-6-10-19(18)26)28-24(31)20-16-11-12-17(13-16)21(20)25(28)32/h2-12,14,16-17,20-21H,13H2,1H3/t14-,16-,17-,20-,21+/m0/s1. The summed E-state index contributed by atoms with van der Waals surface area (Å²) in [6, 6.07) is 13.8. The van der Waals surface area contributed by atoms with Crippen LogP contribution in [-0.2, 0) is 9.59 Å². The van der Waals surface area contributed by atoms with Crippen LogP contribution in [0.2, 0.25) is 5.02 Å². The number of halogens is 1. The van der Waals surface area contributed by atoms with Gasteiger partial charge in [0.1, 0.15) is 6.04 Å². The number of benzene rings is 2. The van der Waals surface area contributed by atoms with E-state index in [1.54, 1.807) is 48.5 Å². The molecule has 1 saturated carbocycles. The van der Waals surface area contributed by atoms with E-state index < -0.39 is 35.6 Å². The first-order chi connectivity index (χ1) is 15.4. The van der Waals surface area contributed by atoms with E-state index >= 15 is 0 Å². The van der Waals surface area contributed by atoms with E-state index in [2.05, 4.69) is 0 Å². The van der Waals surface area contributed by atoms with Gasteiger partial charge in [0.2, 0.25) is 0 Å². The van der Waals surface area contributed by atoms with Crippen molar-refractivity contribution in [1.82, 2.24) is 10.0 Å². The van der Waals surface area contributed by atoms with E-state index in [1.165, 1.54) is 13.0 Å². The van der Waals surface area contributed by atoms with Gasteiger partial charge >= 0.3 is 0 Å². The summed E-state index contributed by atoms with van der Waals surface area (Å²) in [7, 11) is 0. The van der Waals surface area contributed by atoms with Crippen molar-refractivity contribution in [2.45, 2.75) is 19.4 Å². The predicted molar refractivity (Wildman–Crippen MR) is 117 cm³/mol. The molecule has 0 aromatic heterocycles. The van der Waals surface area contributed by atoms with Crippen molar-refractivity contribution < 1.29 is 19.2 Å². The van der Waals surface area contributed by atoms with E-state index in [4.69, 9.17) is 11.6 Å². The number of hydrogen-bond acceptors (Lipinski definition) is 4. The van der Waals surface area contributed by atoms with Crippen LogP contribution in [0.15, 0.2) is 66.7 Å². The molecule has 3 amide bonds. The molecule has 2 aromatic rings. The molecule has 0 N–H and O–H groups in total. The van der Waals surface area contributed by atoms with Crippen LogP contribution in [-0.4, -0.2) is 39.6 Å². The summed E-state index contributed by atoms with van der Waals surface area (Å²) in [5.41, 5.74) is 0.513. The quantitative estimate of drug-likeness (QED) is 0.396. The van der Waals surface area contributed by atoms with E-state index in [0.717, 1.165) is 16.4 Å². The Balaban J connectivity index is 1.57. The monoisotopic (exact) mass is 448 g/mol. The molecule has 0 unspecified atom stereocenters. The number of rotatable bonds is 5. The minimum Gasteiger partial charge on any atom is -0.292 e. The highest BCUT2D eigenvalue weighted by molar-refractivity contribution is 6.34. The zero-order valence-electron chi connectivity index (χ0n) is 17.4. The summed E-state index contributed by atoms with van der Waals surface area (Å²) >= 11 is 6.27. The first-order valence-corrected chi connectivity index (χ1v) is 11.0. The number of fused-ring (bicyclic) bond motifs is 5. The molecule has 7 heteroatoms. The lowest BCUT2D eigenvalue weighted by atomic mass is 9.85. The fraction of sp³-hybridized carbons (Fsp3) is 0.280. The van der Waals surface area contributed by atoms with Crippen molar-refractivity contribution in [1.29, 1.82) is 0 Å². The highest BCUT2D eigenvalue weighted by atomic mass is 35.5. The van der Waals surface area contributed by atoms with Gasteiger partial charge in [0.25, 0.3) is 17.7 Å². The van der Waals surface area contributed by atoms with E-state index in [-0.39, 0.29) is 28.2 Å². The molecular weight excluding hydrogens is 428 g/mol. The Bertz CT molecular complexity index is 1130. The fourth-order valence-corrected chi connectivity index (χ4v) is 5.47. The molecule has 1 heterocycles. The number of amides is 3. The van der Waals surface area contributed by atoms with Gasteiger partial charge in [0.15, 0.2) is 5.78 Å². The molecule has 2 bridgehead atoms. The topological polar surface area (TPSA) is 74.8 Å². The van der Waals surface area contributed by atoms with Gasteiger partial charge in [0, 0.05) is 5.56 Å². The van der Waals surface area contributed by atoms with Gasteiger partial charge in [-0.05, 0) is 37.3 Å². The van der Waals surface area contributed by atoms with Crippen LogP contribution >= 0.6 is 11.6 Å². The van der Waals surface area contributed by atoms with Gasteiger partial charge in [-0.1, -0.05) is 66.2 Å². The Morgan fingerprint density at radius 2 is 1.50 bits per heavy atom. The van der Waals surface area contributed by atoms with Crippen LogP contribution in [0.25, 0.3) is 0 Å². The van der Waals surface area contributed by atoms with Crippen molar-refractivity contribution >= 4 is 35.1 Å². The molecule has 2 aliphatic carbocycles. The third-order valence-corrected chi connectivity index (χ3v) is 7.11. The lowest BCUT2D eigenvalue weighted by molar-refractivity contribution is -0.157. The number of hydrogen-bond donors (Lipinski definition) is 0. The lowest BCUT2D eigenvalue weighted by Gasteiger charge is -2.35. The summed E-state index contributed by atoms with van der Waals surface area (Å²) in [5.74, 6) is -2.88. The average Bonchev–Trinajstić information content (AvgIpc) is 3.49. The zero-order valence-corrected chi connectivity index (χ0v) is 18.1. The fourth-order valence-electron chi connectivity index (χ4n) is 5.25. The first kappa shape index (κ1) is 20.6. The van der Waals surface area contributed by atoms with Crippen LogP contribution in [0.5, 0.6) is 0 Å². The number of hydrazine groups is 1. The second-order valence-corrected chi connectivity index (χ2v) is 8.93. The highest BCUT2D eigenvalue weighted by Crippen LogP contribution is 2.53. The van der Waals surface area contributed by atoms with Crippen LogP contribution in [0.1, 0.15) is 34.1 Å². The maximum Gasteiger partial charge on any atom is 0.275 e. The maximum absolute atomic E-state index is 13.6. The third-order valence-electron chi connectivity index (χ3n) is 6.78. The molecule has 6 nitrogen and oxygen atoms in total. The summed E-state index contributed by atoms with van der Waals surface area (Å²) in [6.07, 6.45) is 4.75. The van der Waals surface area contributed by atoms with Crippen molar-refractivity contribution in [2.24, 2.45) is 23.7 Å². The molecule has 3 aliphatic rings. The SMILES string of the molecule is C[C@@H](C(=O)c1ccccc1)N(C(=O)c1ccccc1Cl)N1C(=O)[C@@H]2[C@H](C1=O)[C@H]1C=C[C@H]2C1. The summed E-state index contributed by atoms with van der Waals surface area (Å²) in [6.45, 7) is 1.53. The van der Waals surface area contributed by atoms with Crippen LogP contribution in [0, 0.1) is 23.7 Å². The van der Waals surface area contributed by atoms with Crippen molar-refractivity contribution in [3.8, 4) is 0 Å². The zero-order chi connectivity index (χ0) is 22.6. The van der Waals surface area contributed by atoms with Crippen LogP contribution in [0.4, 0.5) is 0 Å². The first-order valence-electron chi connectivity index (χ1n) is 10.6. The van der Waals surface area contributed by atoms with Crippen molar-refractivity contribution in [3.05, 3.63) is 82.9 Å². The number of nitrogens with zero attached hydrogens (tertiary/aromatic N) is 2. The van der Waals surface area contributed by atoms with E-state index in [9.17, 15) is 19.2 Å². The molecule has 2 fully saturated rings. The van der Waals surface area contributed by atoms with E-state index in [0.29, 0.717) is 5.56 Å². The summed E-state index contributed by atoms with van der Waals surface area (Å²) in [4.78, 5) is 53.8. The molecule has 2 aromatic carbocycles. The molecule has 162 valence electrons. The third kappa shape index (κ3) is 3.01. The largest absolute Gasteiger partial charge is 0.292 e. The maximum atomic E-state index is 13.6. The molecule has 0 spiro atoms. The molecule has 0 radical (unpaired) electrons. The lowest BCUT2D eigenvalue weighted by Crippen LogP contribution is -2.57. The average molecular weight is 449 g/mol. The minimum absolute atomic E-state index is 0.0103. The van der Waals surface area contributed by atoms with Gasteiger partial charge in [-0.15, -0.1) is 0 Å². The number of carbonyl (C=O) groups excluding carboxylic acids is 4. The minimum atomic E-state index is -1.08. The Morgan fingerprint density at radius 1 is 0.938 bits per heavy atom. The normalized spacial score (nSPS) is 26.4. The van der Waals surface area contributed by atoms with Crippen molar-refractivity contribution in [2.75, 3.05) is 0 Å². The molecular formula is C25H21ClN2O4. The Kier molecular flexibility index (Phi) is 4.97. The predicted octanol–water partition coefficient (Wildman–Crippen LogP) is 3.78. The van der Waals surface area contributed by atoms with Gasteiger partial charge in [-0.2, -0.15) is 5.01 Å². The van der Waals surface area contributed by atoms with Gasteiger partial charge < -0.3 is 0 Å². The van der Waals surface area contributed by atoms with Crippen LogP contribution < -0.4 is 0 Å². The highest BCUT2D eigenvalue weighted by Gasteiger charge is 2.61. The number of Topliss-reactive ketones (excluding diaryl/α,β-unsaturated/α-hetero) is 1. The Hall–Kier alpha value is -3.25. The number of carbonyl (C=O) groups is 4. The number of imide groups is 1.